The average Bonchev–Trinajstić information content (AvgIpc) is 2.76. The molecule has 0 bridgehead atoms. The summed E-state index contributed by atoms with van der Waals surface area (Å²) in [6.45, 7) is 4.81. The Bertz CT molecular complexity index is 617. The van der Waals surface area contributed by atoms with Gasteiger partial charge in [0.2, 0.25) is 11.6 Å². The Morgan fingerprint density at radius 2 is 1.28 bits per heavy atom. The van der Waals surface area contributed by atoms with Gasteiger partial charge in [-0.05, 0) is 81.3 Å². The number of rotatable bonds is 9. The predicted molar refractivity (Wildman–Crippen MR) is 113 cm³/mol. The fraction of sp³-hybridized carbons (Fsp3) is 0.760. The van der Waals surface area contributed by atoms with Crippen LogP contribution in [-0.2, 0) is 0 Å². The molecule has 0 radical (unpaired) electrons. The number of hydrogen-bond donors (Lipinski definition) is 0. The SMILES string of the molecule is CCCCC1CCC(C2CCC(COc3ccc(OCC)c(F)c3F)CC2)CC1. The second-order valence-electron chi connectivity index (χ2n) is 9.14. The maximum atomic E-state index is 14.2. The van der Waals surface area contributed by atoms with Gasteiger partial charge in [0.15, 0.2) is 11.5 Å². The highest BCUT2D eigenvalue weighted by Gasteiger charge is 2.31. The van der Waals surface area contributed by atoms with Gasteiger partial charge in [-0.1, -0.05) is 39.0 Å². The van der Waals surface area contributed by atoms with Crippen LogP contribution in [-0.4, -0.2) is 13.2 Å². The van der Waals surface area contributed by atoms with E-state index in [9.17, 15) is 8.78 Å². The van der Waals surface area contributed by atoms with Crippen molar-refractivity contribution < 1.29 is 18.3 Å². The molecular formula is C25H38F2O2. The monoisotopic (exact) mass is 408 g/mol. The number of benzene rings is 1. The highest BCUT2D eigenvalue weighted by atomic mass is 19.2. The summed E-state index contributed by atoms with van der Waals surface area (Å²) in [6.07, 6.45) is 14.6. The Labute approximate surface area is 175 Å². The lowest BCUT2D eigenvalue weighted by atomic mass is 9.69. The van der Waals surface area contributed by atoms with E-state index in [1.807, 2.05) is 0 Å². The first kappa shape index (κ1) is 22.4. The normalized spacial score (nSPS) is 27.6. The summed E-state index contributed by atoms with van der Waals surface area (Å²) < 4.78 is 38.9. The first-order valence-electron chi connectivity index (χ1n) is 11.9. The Morgan fingerprint density at radius 1 is 0.759 bits per heavy atom. The molecule has 3 rings (SSSR count). The third kappa shape index (κ3) is 6.08. The molecule has 0 N–H and O–H groups in total. The van der Waals surface area contributed by atoms with E-state index in [4.69, 9.17) is 9.47 Å². The topological polar surface area (TPSA) is 18.5 Å². The van der Waals surface area contributed by atoms with Crippen molar-refractivity contribution in [2.75, 3.05) is 13.2 Å². The zero-order valence-corrected chi connectivity index (χ0v) is 18.2. The zero-order valence-electron chi connectivity index (χ0n) is 18.2. The van der Waals surface area contributed by atoms with Crippen molar-refractivity contribution in [2.45, 2.75) is 84.5 Å². The van der Waals surface area contributed by atoms with Crippen LogP contribution in [0, 0.1) is 35.3 Å². The van der Waals surface area contributed by atoms with Gasteiger partial charge in [0, 0.05) is 0 Å². The quantitative estimate of drug-likeness (QED) is 0.420. The molecule has 164 valence electrons. The van der Waals surface area contributed by atoms with E-state index in [-0.39, 0.29) is 11.5 Å². The van der Waals surface area contributed by atoms with Crippen LogP contribution >= 0.6 is 0 Å². The standard InChI is InChI=1S/C25H38F2O2/c1-3-5-6-18-7-11-20(12-8-18)21-13-9-19(10-14-21)17-29-23-16-15-22(28-4-2)24(26)25(23)27/h15-16,18-21H,3-14,17H2,1-2H3. The number of ether oxygens (including phenoxy) is 2. The molecule has 1 aromatic carbocycles. The second kappa shape index (κ2) is 11.2. The number of hydrogen-bond acceptors (Lipinski definition) is 2. The van der Waals surface area contributed by atoms with E-state index in [0.29, 0.717) is 19.1 Å². The minimum Gasteiger partial charge on any atom is -0.491 e. The predicted octanol–water partition coefficient (Wildman–Crippen LogP) is 7.55. The summed E-state index contributed by atoms with van der Waals surface area (Å²) in [6, 6.07) is 2.93. The summed E-state index contributed by atoms with van der Waals surface area (Å²) >= 11 is 0. The van der Waals surface area contributed by atoms with E-state index >= 15 is 0 Å². The van der Waals surface area contributed by atoms with Gasteiger partial charge in [-0.15, -0.1) is 0 Å². The highest BCUT2D eigenvalue weighted by molar-refractivity contribution is 5.35. The molecule has 2 nitrogen and oxygen atoms in total. The molecule has 2 saturated carbocycles. The molecule has 0 atom stereocenters. The van der Waals surface area contributed by atoms with Crippen LogP contribution in [0.25, 0.3) is 0 Å². The second-order valence-corrected chi connectivity index (χ2v) is 9.14. The molecule has 0 amide bonds. The molecular weight excluding hydrogens is 370 g/mol. The Kier molecular flexibility index (Phi) is 8.62. The van der Waals surface area contributed by atoms with Crippen molar-refractivity contribution in [2.24, 2.45) is 23.7 Å². The first-order chi connectivity index (χ1) is 14.1. The van der Waals surface area contributed by atoms with Crippen molar-refractivity contribution in [3.63, 3.8) is 0 Å². The van der Waals surface area contributed by atoms with Crippen LogP contribution in [0.1, 0.15) is 84.5 Å². The summed E-state index contributed by atoms with van der Waals surface area (Å²) in [4.78, 5) is 0. The van der Waals surface area contributed by atoms with Crippen molar-refractivity contribution in [1.29, 1.82) is 0 Å². The van der Waals surface area contributed by atoms with Gasteiger partial charge in [-0.3, -0.25) is 0 Å². The van der Waals surface area contributed by atoms with Crippen LogP contribution < -0.4 is 9.47 Å². The first-order valence-corrected chi connectivity index (χ1v) is 11.9. The Morgan fingerprint density at radius 3 is 1.79 bits per heavy atom. The van der Waals surface area contributed by atoms with Gasteiger partial charge in [0.1, 0.15) is 0 Å². The van der Waals surface area contributed by atoms with E-state index in [0.717, 1.165) is 30.6 Å². The Hall–Kier alpha value is -1.32. The molecule has 0 saturated heterocycles. The molecule has 0 aliphatic heterocycles. The van der Waals surface area contributed by atoms with Crippen LogP contribution in [0.15, 0.2) is 12.1 Å². The van der Waals surface area contributed by atoms with Crippen LogP contribution in [0.2, 0.25) is 0 Å². The molecule has 0 aromatic heterocycles. The fourth-order valence-electron chi connectivity index (χ4n) is 5.37. The van der Waals surface area contributed by atoms with Gasteiger partial charge < -0.3 is 9.47 Å². The fourth-order valence-corrected chi connectivity index (χ4v) is 5.37. The van der Waals surface area contributed by atoms with Gasteiger partial charge in [-0.25, -0.2) is 0 Å². The van der Waals surface area contributed by atoms with Crippen LogP contribution in [0.5, 0.6) is 11.5 Å². The smallest absolute Gasteiger partial charge is 0.204 e. The minimum absolute atomic E-state index is 0.00141. The molecule has 0 spiro atoms. The summed E-state index contributed by atoms with van der Waals surface area (Å²) in [7, 11) is 0. The average molecular weight is 409 g/mol. The third-order valence-corrected chi connectivity index (χ3v) is 7.20. The maximum absolute atomic E-state index is 14.2. The van der Waals surface area contributed by atoms with E-state index in [1.54, 1.807) is 6.92 Å². The van der Waals surface area contributed by atoms with Gasteiger partial charge in [0.05, 0.1) is 13.2 Å². The summed E-state index contributed by atoms with van der Waals surface area (Å²) in [5.74, 6) is 1.24. The van der Waals surface area contributed by atoms with Gasteiger partial charge in [0.25, 0.3) is 0 Å². The molecule has 2 aliphatic carbocycles. The number of halogens is 2. The molecule has 29 heavy (non-hydrogen) atoms. The third-order valence-electron chi connectivity index (χ3n) is 7.20. The molecule has 0 heterocycles. The minimum atomic E-state index is -0.956. The van der Waals surface area contributed by atoms with Crippen LogP contribution in [0.3, 0.4) is 0 Å². The zero-order chi connectivity index (χ0) is 20.6. The van der Waals surface area contributed by atoms with Crippen molar-refractivity contribution in [3.8, 4) is 11.5 Å². The number of unbranched alkanes of at least 4 members (excludes halogenated alkanes) is 1. The van der Waals surface area contributed by atoms with E-state index in [1.165, 1.54) is 69.9 Å². The van der Waals surface area contributed by atoms with E-state index in [2.05, 4.69) is 6.92 Å². The van der Waals surface area contributed by atoms with Gasteiger partial charge in [-0.2, -0.15) is 8.78 Å². The van der Waals surface area contributed by atoms with Gasteiger partial charge >= 0.3 is 0 Å². The summed E-state index contributed by atoms with van der Waals surface area (Å²) in [5, 5.41) is 0. The lowest BCUT2D eigenvalue weighted by Gasteiger charge is -2.38. The summed E-state index contributed by atoms with van der Waals surface area (Å²) in [5.41, 5.74) is 0. The largest absolute Gasteiger partial charge is 0.491 e. The van der Waals surface area contributed by atoms with Crippen molar-refractivity contribution in [3.05, 3.63) is 23.8 Å². The molecule has 0 unspecified atom stereocenters. The van der Waals surface area contributed by atoms with Crippen molar-refractivity contribution in [1.82, 2.24) is 0 Å². The lowest BCUT2D eigenvalue weighted by molar-refractivity contribution is 0.120. The molecule has 2 aliphatic rings. The highest BCUT2D eigenvalue weighted by Crippen LogP contribution is 2.42. The van der Waals surface area contributed by atoms with E-state index < -0.39 is 11.6 Å². The molecule has 2 fully saturated rings. The lowest BCUT2D eigenvalue weighted by Crippen LogP contribution is -2.27. The van der Waals surface area contributed by atoms with Crippen molar-refractivity contribution >= 4 is 0 Å². The Balaban J connectivity index is 1.40. The maximum Gasteiger partial charge on any atom is 0.204 e. The molecule has 1 aromatic rings. The molecule has 4 heteroatoms. The van der Waals surface area contributed by atoms with Crippen LogP contribution in [0.4, 0.5) is 8.78 Å².